The Hall–Kier alpha value is -0.210. The first-order valence-corrected chi connectivity index (χ1v) is 7.52. The van der Waals surface area contributed by atoms with Gasteiger partial charge in [-0.1, -0.05) is 37.4 Å². The molecule has 1 aromatic rings. The SMILES string of the molecule is CC1CCC(CNc2cccc(Cl)c2Br)CC1. The van der Waals surface area contributed by atoms with Crippen molar-refractivity contribution < 1.29 is 0 Å². The predicted molar refractivity (Wildman–Crippen MR) is 78.8 cm³/mol. The van der Waals surface area contributed by atoms with Crippen LogP contribution in [-0.4, -0.2) is 6.54 Å². The first-order chi connectivity index (χ1) is 8.16. The second-order valence-corrected chi connectivity index (χ2v) is 6.31. The van der Waals surface area contributed by atoms with Crippen LogP contribution in [0.1, 0.15) is 32.6 Å². The number of halogens is 2. The average molecular weight is 317 g/mol. The number of anilines is 1. The van der Waals surface area contributed by atoms with Crippen molar-refractivity contribution in [3.05, 3.63) is 27.7 Å². The minimum Gasteiger partial charge on any atom is -0.384 e. The fraction of sp³-hybridized carbons (Fsp3) is 0.571. The molecule has 1 aromatic carbocycles. The lowest BCUT2D eigenvalue weighted by molar-refractivity contribution is 0.300. The number of hydrogen-bond donors (Lipinski definition) is 1. The highest BCUT2D eigenvalue weighted by atomic mass is 79.9. The molecule has 1 aliphatic rings. The van der Waals surface area contributed by atoms with Gasteiger partial charge in [0.15, 0.2) is 0 Å². The fourth-order valence-electron chi connectivity index (χ4n) is 2.43. The van der Waals surface area contributed by atoms with Crippen molar-refractivity contribution in [1.29, 1.82) is 0 Å². The molecule has 0 spiro atoms. The van der Waals surface area contributed by atoms with Gasteiger partial charge in [0.05, 0.1) is 9.50 Å². The zero-order chi connectivity index (χ0) is 12.3. The van der Waals surface area contributed by atoms with Crippen LogP contribution in [-0.2, 0) is 0 Å². The molecule has 1 saturated carbocycles. The minimum absolute atomic E-state index is 0.771. The Kier molecular flexibility index (Phi) is 4.75. The van der Waals surface area contributed by atoms with E-state index in [1.165, 1.54) is 25.7 Å². The van der Waals surface area contributed by atoms with Crippen molar-refractivity contribution in [2.24, 2.45) is 11.8 Å². The molecule has 0 radical (unpaired) electrons. The third-order valence-corrected chi connectivity index (χ3v) is 5.07. The maximum Gasteiger partial charge on any atom is 0.0593 e. The maximum absolute atomic E-state index is 6.07. The van der Waals surface area contributed by atoms with E-state index in [0.717, 1.165) is 33.6 Å². The van der Waals surface area contributed by atoms with Gasteiger partial charge in [-0.25, -0.2) is 0 Å². The number of hydrogen-bond acceptors (Lipinski definition) is 1. The summed E-state index contributed by atoms with van der Waals surface area (Å²) in [7, 11) is 0. The molecule has 1 fully saturated rings. The molecule has 1 nitrogen and oxygen atoms in total. The summed E-state index contributed by atoms with van der Waals surface area (Å²) in [5.41, 5.74) is 1.11. The predicted octanol–water partition coefficient (Wildman–Crippen LogP) is 5.34. The van der Waals surface area contributed by atoms with E-state index in [2.05, 4.69) is 34.2 Å². The highest BCUT2D eigenvalue weighted by Crippen LogP contribution is 2.32. The van der Waals surface area contributed by atoms with Crippen molar-refractivity contribution in [2.45, 2.75) is 32.6 Å². The molecule has 0 saturated heterocycles. The number of nitrogens with one attached hydrogen (secondary N) is 1. The van der Waals surface area contributed by atoms with Crippen LogP contribution in [0.25, 0.3) is 0 Å². The van der Waals surface area contributed by atoms with Gasteiger partial charge in [0.2, 0.25) is 0 Å². The minimum atomic E-state index is 0.771. The summed E-state index contributed by atoms with van der Waals surface area (Å²) >= 11 is 9.59. The van der Waals surface area contributed by atoms with Crippen LogP contribution in [0, 0.1) is 11.8 Å². The molecule has 1 aliphatic carbocycles. The van der Waals surface area contributed by atoms with Gasteiger partial charge in [0, 0.05) is 12.2 Å². The van der Waals surface area contributed by atoms with Crippen LogP contribution in [0.15, 0.2) is 22.7 Å². The van der Waals surface area contributed by atoms with Gasteiger partial charge < -0.3 is 5.32 Å². The fourth-order valence-corrected chi connectivity index (χ4v) is 3.01. The lowest BCUT2D eigenvalue weighted by Gasteiger charge is -2.26. The quantitative estimate of drug-likeness (QED) is 0.793. The molecule has 3 heteroatoms. The summed E-state index contributed by atoms with van der Waals surface area (Å²) in [6, 6.07) is 5.96. The van der Waals surface area contributed by atoms with Gasteiger partial charge in [0.25, 0.3) is 0 Å². The van der Waals surface area contributed by atoms with E-state index in [1.807, 2.05) is 12.1 Å². The second-order valence-electron chi connectivity index (χ2n) is 5.11. The lowest BCUT2D eigenvalue weighted by atomic mass is 9.83. The van der Waals surface area contributed by atoms with Crippen LogP contribution in [0.3, 0.4) is 0 Å². The molecule has 0 aromatic heterocycles. The molecule has 0 unspecified atom stereocenters. The molecular weight excluding hydrogens is 298 g/mol. The highest BCUT2D eigenvalue weighted by Gasteiger charge is 2.18. The van der Waals surface area contributed by atoms with Gasteiger partial charge in [-0.05, 0) is 52.7 Å². The monoisotopic (exact) mass is 315 g/mol. The molecule has 0 amide bonds. The number of benzene rings is 1. The van der Waals surface area contributed by atoms with Gasteiger partial charge in [-0.2, -0.15) is 0 Å². The lowest BCUT2D eigenvalue weighted by Crippen LogP contribution is -2.20. The third kappa shape index (κ3) is 3.62. The van der Waals surface area contributed by atoms with Crippen molar-refractivity contribution in [1.82, 2.24) is 0 Å². The standard InChI is InChI=1S/C14H19BrClN/c1-10-5-7-11(8-6-10)9-17-13-4-2-3-12(16)14(13)15/h2-4,10-11,17H,5-9H2,1H3. The smallest absolute Gasteiger partial charge is 0.0593 e. The van der Waals surface area contributed by atoms with Crippen molar-refractivity contribution >= 4 is 33.2 Å². The van der Waals surface area contributed by atoms with E-state index in [1.54, 1.807) is 0 Å². The van der Waals surface area contributed by atoms with Gasteiger partial charge in [-0.15, -0.1) is 0 Å². The first-order valence-electron chi connectivity index (χ1n) is 6.34. The van der Waals surface area contributed by atoms with Crippen LogP contribution >= 0.6 is 27.5 Å². The summed E-state index contributed by atoms with van der Waals surface area (Å²) in [5.74, 6) is 1.74. The molecular formula is C14H19BrClN. The Morgan fingerprint density at radius 3 is 2.71 bits per heavy atom. The Balaban J connectivity index is 1.87. The summed E-state index contributed by atoms with van der Waals surface area (Å²) in [6.45, 7) is 3.42. The van der Waals surface area contributed by atoms with Gasteiger partial charge >= 0.3 is 0 Å². The molecule has 94 valence electrons. The summed E-state index contributed by atoms with van der Waals surface area (Å²) < 4.78 is 0.978. The van der Waals surface area contributed by atoms with Crippen LogP contribution in [0.2, 0.25) is 5.02 Å². The second kappa shape index (κ2) is 6.10. The molecule has 0 heterocycles. The van der Waals surface area contributed by atoms with E-state index in [0.29, 0.717) is 0 Å². The van der Waals surface area contributed by atoms with E-state index in [4.69, 9.17) is 11.6 Å². The summed E-state index contributed by atoms with van der Waals surface area (Å²) in [6.07, 6.45) is 5.46. The topological polar surface area (TPSA) is 12.0 Å². The highest BCUT2D eigenvalue weighted by molar-refractivity contribution is 9.10. The van der Waals surface area contributed by atoms with E-state index in [-0.39, 0.29) is 0 Å². The zero-order valence-electron chi connectivity index (χ0n) is 10.2. The van der Waals surface area contributed by atoms with Crippen LogP contribution < -0.4 is 5.32 Å². The van der Waals surface area contributed by atoms with Gasteiger partial charge in [0.1, 0.15) is 0 Å². The van der Waals surface area contributed by atoms with E-state index in [9.17, 15) is 0 Å². The van der Waals surface area contributed by atoms with Crippen molar-refractivity contribution in [3.63, 3.8) is 0 Å². The van der Waals surface area contributed by atoms with E-state index < -0.39 is 0 Å². The molecule has 2 rings (SSSR count). The third-order valence-electron chi connectivity index (χ3n) is 3.67. The van der Waals surface area contributed by atoms with Crippen LogP contribution in [0.5, 0.6) is 0 Å². The summed E-state index contributed by atoms with van der Waals surface area (Å²) in [5, 5.41) is 4.28. The summed E-state index contributed by atoms with van der Waals surface area (Å²) in [4.78, 5) is 0. The number of rotatable bonds is 3. The Bertz CT molecular complexity index is 372. The van der Waals surface area contributed by atoms with Crippen LogP contribution in [0.4, 0.5) is 5.69 Å². The zero-order valence-corrected chi connectivity index (χ0v) is 12.5. The van der Waals surface area contributed by atoms with E-state index >= 15 is 0 Å². The first kappa shape index (κ1) is 13.2. The average Bonchev–Trinajstić information content (AvgIpc) is 2.33. The molecule has 1 N–H and O–H groups in total. The van der Waals surface area contributed by atoms with Gasteiger partial charge in [-0.3, -0.25) is 0 Å². The normalized spacial score (nSPS) is 24.6. The maximum atomic E-state index is 6.07. The molecule has 17 heavy (non-hydrogen) atoms. The Morgan fingerprint density at radius 1 is 1.29 bits per heavy atom. The Labute approximate surface area is 117 Å². The molecule has 0 atom stereocenters. The Morgan fingerprint density at radius 2 is 2.00 bits per heavy atom. The van der Waals surface area contributed by atoms with Crippen molar-refractivity contribution in [3.8, 4) is 0 Å². The molecule has 0 bridgehead atoms. The van der Waals surface area contributed by atoms with Crippen molar-refractivity contribution in [2.75, 3.05) is 11.9 Å². The largest absolute Gasteiger partial charge is 0.384 e. The molecule has 0 aliphatic heterocycles.